The van der Waals surface area contributed by atoms with Gasteiger partial charge in [-0.1, -0.05) is 18.2 Å². The van der Waals surface area contributed by atoms with Gasteiger partial charge in [-0.05, 0) is 42.5 Å². The highest BCUT2D eigenvalue weighted by atomic mass is 19.1. The van der Waals surface area contributed by atoms with Crippen molar-refractivity contribution in [1.29, 1.82) is 0 Å². The number of hydrogen-bond donors (Lipinski definition) is 1. The van der Waals surface area contributed by atoms with Crippen molar-refractivity contribution in [2.45, 2.75) is 19.3 Å². The minimum atomic E-state index is -0.727. The zero-order valence-electron chi connectivity index (χ0n) is 8.82. The maximum Gasteiger partial charge on any atom is 0.306 e. The molecular weight excluding hydrogens is 207 g/mol. The van der Waals surface area contributed by atoms with Crippen molar-refractivity contribution in [2.75, 3.05) is 0 Å². The van der Waals surface area contributed by atoms with Crippen molar-refractivity contribution in [1.82, 2.24) is 0 Å². The highest BCUT2D eigenvalue weighted by Gasteiger charge is 2.20. The van der Waals surface area contributed by atoms with E-state index >= 15 is 0 Å². The molecule has 0 aliphatic heterocycles. The van der Waals surface area contributed by atoms with Gasteiger partial charge >= 0.3 is 5.97 Å². The second-order valence-corrected chi connectivity index (χ2v) is 4.05. The Hall–Kier alpha value is -1.64. The van der Waals surface area contributed by atoms with Crippen LogP contribution in [0.3, 0.4) is 0 Å². The Morgan fingerprint density at radius 1 is 1.31 bits per heavy atom. The van der Waals surface area contributed by atoms with E-state index in [0.717, 1.165) is 17.6 Å². The van der Waals surface area contributed by atoms with Gasteiger partial charge in [0.2, 0.25) is 0 Å². The standard InChI is InChI=1S/C13H13FO2/c14-12-7-5-10(6-8-12)9-1-3-11(4-2-9)13(15)16/h1,5-8,11H,2-4H2,(H,15,16). The second-order valence-electron chi connectivity index (χ2n) is 4.05. The lowest BCUT2D eigenvalue weighted by Gasteiger charge is -2.18. The van der Waals surface area contributed by atoms with Crippen LogP contribution in [-0.4, -0.2) is 11.1 Å². The van der Waals surface area contributed by atoms with E-state index in [1.54, 1.807) is 12.1 Å². The SMILES string of the molecule is O=C(O)C1CC=C(c2ccc(F)cc2)CC1. The molecule has 0 amide bonds. The summed E-state index contributed by atoms with van der Waals surface area (Å²) in [5.74, 6) is -1.23. The lowest BCUT2D eigenvalue weighted by Crippen LogP contribution is -2.15. The van der Waals surface area contributed by atoms with Crippen LogP contribution in [0.15, 0.2) is 30.3 Å². The normalized spacial score (nSPS) is 20.3. The molecule has 1 aromatic rings. The van der Waals surface area contributed by atoms with Crippen molar-refractivity contribution in [3.63, 3.8) is 0 Å². The number of carboxylic acid groups (broad SMARTS) is 1. The molecule has 0 radical (unpaired) electrons. The molecule has 1 atom stereocenters. The summed E-state index contributed by atoms with van der Waals surface area (Å²) in [4.78, 5) is 10.8. The van der Waals surface area contributed by atoms with Gasteiger partial charge in [0.05, 0.1) is 5.92 Å². The summed E-state index contributed by atoms with van der Waals surface area (Å²) in [6, 6.07) is 6.34. The third kappa shape index (κ3) is 2.30. The predicted molar refractivity (Wildman–Crippen MR) is 59.4 cm³/mol. The van der Waals surface area contributed by atoms with Gasteiger partial charge in [-0.3, -0.25) is 4.79 Å². The zero-order valence-corrected chi connectivity index (χ0v) is 8.82. The molecule has 0 heterocycles. The van der Waals surface area contributed by atoms with E-state index in [0.29, 0.717) is 12.8 Å². The van der Waals surface area contributed by atoms with Crippen LogP contribution in [-0.2, 0) is 4.79 Å². The Bertz CT molecular complexity index is 420. The van der Waals surface area contributed by atoms with Gasteiger partial charge < -0.3 is 5.11 Å². The molecule has 1 aromatic carbocycles. The Balaban J connectivity index is 2.13. The molecule has 2 rings (SSSR count). The van der Waals surface area contributed by atoms with E-state index in [1.807, 2.05) is 6.08 Å². The molecule has 1 aliphatic carbocycles. The van der Waals surface area contributed by atoms with Crippen LogP contribution in [0.1, 0.15) is 24.8 Å². The molecule has 1 N–H and O–H groups in total. The van der Waals surface area contributed by atoms with Gasteiger partial charge in [0.15, 0.2) is 0 Å². The lowest BCUT2D eigenvalue weighted by molar-refractivity contribution is -0.141. The summed E-state index contributed by atoms with van der Waals surface area (Å²) in [7, 11) is 0. The summed E-state index contributed by atoms with van der Waals surface area (Å²) in [5, 5.41) is 8.85. The van der Waals surface area contributed by atoms with E-state index in [1.165, 1.54) is 12.1 Å². The Labute approximate surface area is 93.4 Å². The molecule has 3 heteroatoms. The van der Waals surface area contributed by atoms with Crippen LogP contribution >= 0.6 is 0 Å². The molecule has 0 fully saturated rings. The molecule has 0 spiro atoms. The van der Waals surface area contributed by atoms with Crippen LogP contribution < -0.4 is 0 Å². The minimum Gasteiger partial charge on any atom is -0.481 e. The first kappa shape index (κ1) is 10.9. The molecule has 1 aliphatic rings. The van der Waals surface area contributed by atoms with Crippen LogP contribution in [0, 0.1) is 11.7 Å². The summed E-state index contributed by atoms with van der Waals surface area (Å²) >= 11 is 0. The smallest absolute Gasteiger partial charge is 0.306 e. The van der Waals surface area contributed by atoms with E-state index in [4.69, 9.17) is 5.11 Å². The average molecular weight is 220 g/mol. The second kappa shape index (κ2) is 4.47. The van der Waals surface area contributed by atoms with Crippen molar-refractivity contribution in [3.05, 3.63) is 41.7 Å². The Morgan fingerprint density at radius 2 is 2.00 bits per heavy atom. The molecule has 1 unspecified atom stereocenters. The first-order valence-corrected chi connectivity index (χ1v) is 5.34. The van der Waals surface area contributed by atoms with E-state index in [-0.39, 0.29) is 11.7 Å². The molecule has 0 saturated heterocycles. The number of carboxylic acids is 1. The number of hydrogen-bond acceptors (Lipinski definition) is 1. The van der Waals surface area contributed by atoms with Crippen LogP contribution in [0.2, 0.25) is 0 Å². The van der Waals surface area contributed by atoms with E-state index in [2.05, 4.69) is 0 Å². The Kier molecular flexibility index (Phi) is 3.04. The number of halogens is 1. The monoisotopic (exact) mass is 220 g/mol. The Morgan fingerprint density at radius 3 is 2.50 bits per heavy atom. The topological polar surface area (TPSA) is 37.3 Å². The van der Waals surface area contributed by atoms with Gasteiger partial charge in [0.1, 0.15) is 5.82 Å². The van der Waals surface area contributed by atoms with Gasteiger partial charge in [-0.25, -0.2) is 4.39 Å². The van der Waals surface area contributed by atoms with Gasteiger partial charge in [-0.15, -0.1) is 0 Å². The van der Waals surface area contributed by atoms with Crippen LogP contribution in [0.4, 0.5) is 4.39 Å². The highest BCUT2D eigenvalue weighted by molar-refractivity contribution is 5.74. The van der Waals surface area contributed by atoms with E-state index < -0.39 is 5.97 Å². The molecule has 0 bridgehead atoms. The number of rotatable bonds is 2. The van der Waals surface area contributed by atoms with Gasteiger partial charge in [0, 0.05) is 0 Å². The third-order valence-corrected chi connectivity index (χ3v) is 2.98. The van der Waals surface area contributed by atoms with Crippen molar-refractivity contribution in [2.24, 2.45) is 5.92 Å². The number of aliphatic carboxylic acids is 1. The summed E-state index contributed by atoms with van der Waals surface area (Å²) < 4.78 is 12.7. The lowest BCUT2D eigenvalue weighted by atomic mass is 9.87. The average Bonchev–Trinajstić information content (AvgIpc) is 2.30. The number of benzene rings is 1. The zero-order chi connectivity index (χ0) is 11.5. The molecule has 2 nitrogen and oxygen atoms in total. The predicted octanol–water partition coefficient (Wildman–Crippen LogP) is 3.09. The fourth-order valence-electron chi connectivity index (χ4n) is 1.98. The first-order chi connectivity index (χ1) is 7.66. The maximum absolute atomic E-state index is 12.7. The molecule has 0 saturated carbocycles. The number of allylic oxidation sites excluding steroid dienone is 2. The third-order valence-electron chi connectivity index (χ3n) is 2.98. The van der Waals surface area contributed by atoms with Crippen LogP contribution in [0.5, 0.6) is 0 Å². The molecular formula is C13H13FO2. The van der Waals surface area contributed by atoms with Crippen molar-refractivity contribution >= 4 is 11.5 Å². The quantitative estimate of drug-likeness (QED) is 0.831. The highest BCUT2D eigenvalue weighted by Crippen LogP contribution is 2.30. The maximum atomic E-state index is 12.7. The summed E-state index contributed by atoms with van der Waals surface area (Å²) in [5.41, 5.74) is 2.11. The van der Waals surface area contributed by atoms with E-state index in [9.17, 15) is 9.18 Å². The van der Waals surface area contributed by atoms with Gasteiger partial charge in [-0.2, -0.15) is 0 Å². The van der Waals surface area contributed by atoms with Crippen molar-refractivity contribution in [3.8, 4) is 0 Å². The van der Waals surface area contributed by atoms with Crippen LogP contribution in [0.25, 0.3) is 5.57 Å². The fraction of sp³-hybridized carbons (Fsp3) is 0.308. The summed E-state index contributed by atoms with van der Waals surface area (Å²) in [6.45, 7) is 0. The first-order valence-electron chi connectivity index (χ1n) is 5.34. The minimum absolute atomic E-state index is 0.247. The number of carbonyl (C=O) groups is 1. The van der Waals surface area contributed by atoms with Gasteiger partial charge in [0.25, 0.3) is 0 Å². The van der Waals surface area contributed by atoms with Crippen molar-refractivity contribution < 1.29 is 14.3 Å². The fourth-order valence-corrected chi connectivity index (χ4v) is 1.98. The largest absolute Gasteiger partial charge is 0.481 e. The summed E-state index contributed by atoms with van der Waals surface area (Å²) in [6.07, 6.45) is 3.94. The molecule has 0 aromatic heterocycles. The molecule has 16 heavy (non-hydrogen) atoms. The molecule has 84 valence electrons.